The maximum absolute atomic E-state index is 5.85. The molecule has 4 heteroatoms. The molecule has 0 spiro atoms. The SMILES string of the molecule is Nc1cc(Br)ccc1Nc1ccsc1. The van der Waals surface area contributed by atoms with Gasteiger partial charge in [-0.1, -0.05) is 15.9 Å². The van der Waals surface area contributed by atoms with Crippen LogP contribution in [-0.2, 0) is 0 Å². The van der Waals surface area contributed by atoms with Gasteiger partial charge in [0.2, 0.25) is 0 Å². The van der Waals surface area contributed by atoms with E-state index in [0.717, 1.165) is 21.5 Å². The molecule has 0 atom stereocenters. The van der Waals surface area contributed by atoms with Crippen LogP contribution in [0.2, 0.25) is 0 Å². The number of benzene rings is 1. The zero-order valence-electron chi connectivity index (χ0n) is 7.33. The van der Waals surface area contributed by atoms with E-state index in [4.69, 9.17) is 5.73 Å². The van der Waals surface area contributed by atoms with Gasteiger partial charge in [0.1, 0.15) is 0 Å². The molecule has 2 aromatic rings. The van der Waals surface area contributed by atoms with Gasteiger partial charge in [0, 0.05) is 15.5 Å². The number of halogens is 1. The molecule has 14 heavy (non-hydrogen) atoms. The van der Waals surface area contributed by atoms with Gasteiger partial charge in [0.25, 0.3) is 0 Å². The Morgan fingerprint density at radius 3 is 2.79 bits per heavy atom. The van der Waals surface area contributed by atoms with Crippen LogP contribution in [-0.4, -0.2) is 0 Å². The Bertz CT molecular complexity index is 426. The van der Waals surface area contributed by atoms with E-state index in [1.807, 2.05) is 35.0 Å². The Hall–Kier alpha value is -1.00. The smallest absolute Gasteiger partial charge is 0.0618 e. The molecule has 2 rings (SSSR count). The Balaban J connectivity index is 2.25. The van der Waals surface area contributed by atoms with Crippen molar-refractivity contribution in [2.24, 2.45) is 0 Å². The van der Waals surface area contributed by atoms with E-state index in [9.17, 15) is 0 Å². The van der Waals surface area contributed by atoms with Crippen molar-refractivity contribution in [1.29, 1.82) is 0 Å². The minimum Gasteiger partial charge on any atom is -0.397 e. The fraction of sp³-hybridized carbons (Fsp3) is 0. The summed E-state index contributed by atoms with van der Waals surface area (Å²) >= 11 is 5.02. The number of anilines is 3. The number of hydrogen-bond donors (Lipinski definition) is 2. The molecular formula is C10H9BrN2S. The van der Waals surface area contributed by atoms with Crippen molar-refractivity contribution in [1.82, 2.24) is 0 Å². The summed E-state index contributed by atoms with van der Waals surface area (Å²) in [5, 5.41) is 7.31. The highest BCUT2D eigenvalue weighted by Gasteiger charge is 1.99. The first kappa shape index (κ1) is 9.55. The predicted octanol–water partition coefficient (Wildman–Crippen LogP) is 3.84. The van der Waals surface area contributed by atoms with E-state index in [-0.39, 0.29) is 0 Å². The number of nitrogen functional groups attached to an aromatic ring is 1. The maximum atomic E-state index is 5.85. The largest absolute Gasteiger partial charge is 0.397 e. The molecular weight excluding hydrogens is 260 g/mol. The van der Waals surface area contributed by atoms with Crippen molar-refractivity contribution in [2.45, 2.75) is 0 Å². The number of nitrogens with two attached hydrogens (primary N) is 1. The van der Waals surface area contributed by atoms with E-state index in [2.05, 4.69) is 21.2 Å². The second kappa shape index (κ2) is 4.02. The fourth-order valence-electron chi connectivity index (χ4n) is 1.14. The van der Waals surface area contributed by atoms with Crippen LogP contribution in [0.5, 0.6) is 0 Å². The van der Waals surface area contributed by atoms with Crippen LogP contribution in [0.25, 0.3) is 0 Å². The van der Waals surface area contributed by atoms with Gasteiger partial charge in [-0.25, -0.2) is 0 Å². The Labute approximate surface area is 94.9 Å². The molecule has 0 radical (unpaired) electrons. The van der Waals surface area contributed by atoms with Crippen LogP contribution in [0, 0.1) is 0 Å². The molecule has 0 unspecified atom stereocenters. The molecule has 1 heterocycles. The molecule has 0 aliphatic rings. The molecule has 72 valence electrons. The first-order valence-electron chi connectivity index (χ1n) is 4.10. The van der Waals surface area contributed by atoms with Crippen LogP contribution in [0.15, 0.2) is 39.5 Å². The zero-order valence-corrected chi connectivity index (χ0v) is 9.73. The lowest BCUT2D eigenvalue weighted by atomic mass is 10.2. The summed E-state index contributed by atoms with van der Waals surface area (Å²) in [7, 11) is 0. The summed E-state index contributed by atoms with van der Waals surface area (Å²) in [4.78, 5) is 0. The molecule has 1 aromatic carbocycles. The molecule has 0 aliphatic heterocycles. The van der Waals surface area contributed by atoms with Gasteiger partial charge in [-0.05, 0) is 29.6 Å². The fourth-order valence-corrected chi connectivity index (χ4v) is 2.11. The van der Waals surface area contributed by atoms with Crippen LogP contribution in [0.1, 0.15) is 0 Å². The van der Waals surface area contributed by atoms with Gasteiger partial charge >= 0.3 is 0 Å². The summed E-state index contributed by atoms with van der Waals surface area (Å²) in [5.41, 5.74) is 8.60. The van der Waals surface area contributed by atoms with Crippen molar-refractivity contribution < 1.29 is 0 Å². The van der Waals surface area contributed by atoms with Gasteiger partial charge in [0.05, 0.1) is 11.4 Å². The van der Waals surface area contributed by atoms with E-state index < -0.39 is 0 Å². The molecule has 0 saturated carbocycles. The molecule has 0 fully saturated rings. The summed E-state index contributed by atoms with van der Waals surface area (Å²) in [6.45, 7) is 0. The highest BCUT2D eigenvalue weighted by atomic mass is 79.9. The molecule has 0 amide bonds. The molecule has 3 N–H and O–H groups in total. The quantitative estimate of drug-likeness (QED) is 0.813. The molecule has 2 nitrogen and oxygen atoms in total. The van der Waals surface area contributed by atoms with E-state index in [1.165, 1.54) is 0 Å². The highest BCUT2D eigenvalue weighted by molar-refractivity contribution is 9.10. The Morgan fingerprint density at radius 2 is 2.14 bits per heavy atom. The summed E-state index contributed by atoms with van der Waals surface area (Å²) in [5.74, 6) is 0. The first-order chi connectivity index (χ1) is 6.75. The summed E-state index contributed by atoms with van der Waals surface area (Å²) in [6.07, 6.45) is 0. The van der Waals surface area contributed by atoms with Gasteiger partial charge in [-0.3, -0.25) is 0 Å². The van der Waals surface area contributed by atoms with E-state index in [1.54, 1.807) is 11.3 Å². The number of nitrogens with one attached hydrogen (secondary N) is 1. The third-order valence-electron chi connectivity index (χ3n) is 1.81. The summed E-state index contributed by atoms with van der Waals surface area (Å²) in [6, 6.07) is 7.82. The second-order valence-corrected chi connectivity index (χ2v) is 4.56. The van der Waals surface area contributed by atoms with E-state index >= 15 is 0 Å². The van der Waals surface area contributed by atoms with E-state index in [0.29, 0.717) is 0 Å². The number of hydrogen-bond acceptors (Lipinski definition) is 3. The average molecular weight is 269 g/mol. The second-order valence-electron chi connectivity index (χ2n) is 2.87. The van der Waals surface area contributed by atoms with Crippen molar-refractivity contribution >= 4 is 44.3 Å². The van der Waals surface area contributed by atoms with Gasteiger partial charge in [0.15, 0.2) is 0 Å². The van der Waals surface area contributed by atoms with Crippen molar-refractivity contribution in [2.75, 3.05) is 11.1 Å². The average Bonchev–Trinajstić information content (AvgIpc) is 2.62. The van der Waals surface area contributed by atoms with Crippen LogP contribution in [0.3, 0.4) is 0 Å². The molecule has 1 aromatic heterocycles. The topological polar surface area (TPSA) is 38.0 Å². The summed E-state index contributed by atoms with van der Waals surface area (Å²) < 4.78 is 0.992. The third-order valence-corrected chi connectivity index (χ3v) is 2.99. The Morgan fingerprint density at radius 1 is 1.29 bits per heavy atom. The van der Waals surface area contributed by atoms with Crippen LogP contribution in [0.4, 0.5) is 17.1 Å². The van der Waals surface area contributed by atoms with Crippen molar-refractivity contribution in [3.05, 3.63) is 39.5 Å². The Kier molecular flexibility index (Phi) is 2.74. The lowest BCUT2D eigenvalue weighted by Crippen LogP contribution is -1.94. The van der Waals surface area contributed by atoms with Gasteiger partial charge in [-0.15, -0.1) is 0 Å². The predicted molar refractivity (Wildman–Crippen MR) is 66.2 cm³/mol. The lowest BCUT2D eigenvalue weighted by Gasteiger charge is -2.07. The normalized spacial score (nSPS) is 10.1. The van der Waals surface area contributed by atoms with Crippen LogP contribution < -0.4 is 11.1 Å². The minimum absolute atomic E-state index is 0.741. The van der Waals surface area contributed by atoms with Crippen LogP contribution >= 0.6 is 27.3 Å². The maximum Gasteiger partial charge on any atom is 0.0618 e. The number of rotatable bonds is 2. The van der Waals surface area contributed by atoms with Gasteiger partial charge < -0.3 is 11.1 Å². The highest BCUT2D eigenvalue weighted by Crippen LogP contribution is 2.26. The number of thiophene rings is 1. The standard InChI is InChI=1S/C10H9BrN2S/c11-7-1-2-10(9(12)5-7)13-8-3-4-14-6-8/h1-6,13H,12H2. The minimum atomic E-state index is 0.741. The zero-order chi connectivity index (χ0) is 9.97. The first-order valence-corrected chi connectivity index (χ1v) is 5.83. The monoisotopic (exact) mass is 268 g/mol. The molecule has 0 aliphatic carbocycles. The van der Waals surface area contributed by atoms with Crippen molar-refractivity contribution in [3.63, 3.8) is 0 Å². The third kappa shape index (κ3) is 2.08. The molecule has 0 saturated heterocycles. The lowest BCUT2D eigenvalue weighted by molar-refractivity contribution is 1.56. The molecule has 0 bridgehead atoms. The van der Waals surface area contributed by atoms with Gasteiger partial charge in [-0.2, -0.15) is 11.3 Å². The van der Waals surface area contributed by atoms with Crippen molar-refractivity contribution in [3.8, 4) is 0 Å².